The van der Waals surface area contributed by atoms with Crippen LogP contribution in [0.4, 0.5) is 5.69 Å². The van der Waals surface area contributed by atoms with Gasteiger partial charge >= 0.3 is 0 Å². The maximum atomic E-state index is 4.48. The molecule has 1 N–H and O–H groups in total. The molecule has 2 nitrogen and oxygen atoms in total. The number of thioether (sulfide) groups is 1. The Morgan fingerprint density at radius 2 is 2.38 bits per heavy atom. The standard InChI is InChI=1S/C12H15BrN2S/c1-2-9-8-10(13)4-5-11(9)15-12-14-6-3-7-16-12/h4-5,8H,2-3,6-7H2,1H3,(H,14,15). The van der Waals surface area contributed by atoms with Crippen LogP contribution in [-0.4, -0.2) is 17.5 Å². The molecule has 1 aliphatic heterocycles. The van der Waals surface area contributed by atoms with Gasteiger partial charge in [0.1, 0.15) is 0 Å². The molecule has 1 aromatic rings. The third-order valence-corrected chi connectivity index (χ3v) is 3.98. The third-order valence-electron chi connectivity index (χ3n) is 2.49. The number of anilines is 1. The number of halogens is 1. The van der Waals surface area contributed by atoms with E-state index in [0.717, 1.165) is 22.6 Å². The van der Waals surface area contributed by atoms with Gasteiger partial charge in [0.2, 0.25) is 0 Å². The van der Waals surface area contributed by atoms with E-state index in [1.807, 2.05) is 11.8 Å². The van der Waals surface area contributed by atoms with Gasteiger partial charge in [-0.3, -0.25) is 4.99 Å². The molecule has 1 aliphatic rings. The van der Waals surface area contributed by atoms with E-state index < -0.39 is 0 Å². The topological polar surface area (TPSA) is 24.4 Å². The van der Waals surface area contributed by atoms with E-state index in [1.54, 1.807) is 0 Å². The normalized spacial score (nSPS) is 15.8. The Morgan fingerprint density at radius 3 is 3.06 bits per heavy atom. The second kappa shape index (κ2) is 5.73. The number of nitrogens with one attached hydrogen (secondary N) is 1. The first-order chi connectivity index (χ1) is 7.79. The van der Waals surface area contributed by atoms with E-state index in [2.05, 4.69) is 51.4 Å². The third kappa shape index (κ3) is 3.01. The quantitative estimate of drug-likeness (QED) is 0.895. The van der Waals surface area contributed by atoms with Gasteiger partial charge in [0, 0.05) is 22.5 Å². The van der Waals surface area contributed by atoms with Crippen LogP contribution in [0.25, 0.3) is 0 Å². The average Bonchev–Trinajstić information content (AvgIpc) is 2.33. The van der Waals surface area contributed by atoms with Crippen LogP contribution in [-0.2, 0) is 6.42 Å². The van der Waals surface area contributed by atoms with Crippen molar-refractivity contribution in [3.05, 3.63) is 28.2 Å². The molecule has 0 spiro atoms. The van der Waals surface area contributed by atoms with Gasteiger partial charge in [-0.1, -0.05) is 34.6 Å². The minimum atomic E-state index is 0.952. The Kier molecular flexibility index (Phi) is 4.29. The average molecular weight is 299 g/mol. The molecule has 0 bridgehead atoms. The maximum Gasteiger partial charge on any atom is 0.161 e. The molecule has 1 heterocycles. The van der Waals surface area contributed by atoms with Crippen molar-refractivity contribution in [1.82, 2.24) is 0 Å². The van der Waals surface area contributed by atoms with E-state index in [9.17, 15) is 0 Å². The van der Waals surface area contributed by atoms with Gasteiger partial charge in [-0.25, -0.2) is 0 Å². The van der Waals surface area contributed by atoms with Crippen LogP contribution in [0.5, 0.6) is 0 Å². The molecule has 0 aromatic heterocycles. The van der Waals surface area contributed by atoms with Crippen LogP contribution in [0.15, 0.2) is 27.7 Å². The monoisotopic (exact) mass is 298 g/mol. The SMILES string of the molecule is CCc1cc(Br)ccc1NC1=NCCCS1. The number of nitrogens with zero attached hydrogens (tertiary/aromatic N) is 1. The highest BCUT2D eigenvalue weighted by molar-refractivity contribution is 9.10. The highest BCUT2D eigenvalue weighted by Gasteiger charge is 2.08. The highest BCUT2D eigenvalue weighted by atomic mass is 79.9. The fourth-order valence-electron chi connectivity index (χ4n) is 1.63. The van der Waals surface area contributed by atoms with Crippen LogP contribution in [0, 0.1) is 0 Å². The first kappa shape index (κ1) is 12.0. The van der Waals surface area contributed by atoms with Gasteiger partial charge in [-0.05, 0) is 36.6 Å². The first-order valence-electron chi connectivity index (χ1n) is 5.52. The molecule has 4 heteroatoms. The number of aliphatic imine (C=N–C) groups is 1. The smallest absolute Gasteiger partial charge is 0.161 e. The lowest BCUT2D eigenvalue weighted by atomic mass is 10.1. The van der Waals surface area contributed by atoms with Gasteiger partial charge in [0.15, 0.2) is 5.17 Å². The summed E-state index contributed by atoms with van der Waals surface area (Å²) in [6, 6.07) is 6.34. The predicted octanol–water partition coefficient (Wildman–Crippen LogP) is 3.92. The summed E-state index contributed by atoms with van der Waals surface area (Å²) in [5, 5.41) is 4.48. The van der Waals surface area contributed by atoms with Crippen molar-refractivity contribution in [3.8, 4) is 0 Å². The fraction of sp³-hybridized carbons (Fsp3) is 0.417. The molecule has 0 amide bonds. The summed E-state index contributed by atoms with van der Waals surface area (Å²) in [5.74, 6) is 1.17. The molecule has 0 radical (unpaired) electrons. The summed E-state index contributed by atoms with van der Waals surface area (Å²) < 4.78 is 1.13. The van der Waals surface area contributed by atoms with Gasteiger partial charge < -0.3 is 5.32 Å². The summed E-state index contributed by atoms with van der Waals surface area (Å²) in [4.78, 5) is 4.48. The molecular weight excluding hydrogens is 284 g/mol. The summed E-state index contributed by atoms with van der Waals surface area (Å²) in [6.07, 6.45) is 2.22. The largest absolute Gasteiger partial charge is 0.335 e. The fourth-order valence-corrected chi connectivity index (χ4v) is 2.87. The second-order valence-electron chi connectivity index (χ2n) is 3.67. The lowest BCUT2D eigenvalue weighted by Crippen LogP contribution is -2.14. The van der Waals surface area contributed by atoms with Crippen LogP contribution >= 0.6 is 27.7 Å². The molecular formula is C12H15BrN2S. The van der Waals surface area contributed by atoms with Crippen molar-refractivity contribution in [1.29, 1.82) is 0 Å². The minimum Gasteiger partial charge on any atom is -0.335 e. The van der Waals surface area contributed by atoms with Gasteiger partial charge in [0.05, 0.1) is 0 Å². The molecule has 0 saturated heterocycles. The Bertz CT molecular complexity index is 404. The number of rotatable bonds is 2. The Morgan fingerprint density at radius 1 is 1.50 bits per heavy atom. The number of hydrogen-bond acceptors (Lipinski definition) is 3. The summed E-state index contributed by atoms with van der Waals surface area (Å²) >= 11 is 5.31. The zero-order valence-electron chi connectivity index (χ0n) is 9.29. The molecule has 0 aliphatic carbocycles. The lowest BCUT2D eigenvalue weighted by Gasteiger charge is -2.15. The van der Waals surface area contributed by atoms with E-state index in [4.69, 9.17) is 0 Å². The second-order valence-corrected chi connectivity index (χ2v) is 5.67. The summed E-state index contributed by atoms with van der Waals surface area (Å²) in [7, 11) is 0. The van der Waals surface area contributed by atoms with Gasteiger partial charge in [-0.2, -0.15) is 0 Å². The van der Waals surface area contributed by atoms with E-state index in [0.29, 0.717) is 0 Å². The number of benzene rings is 1. The molecule has 0 atom stereocenters. The van der Waals surface area contributed by atoms with Crippen LogP contribution in [0.2, 0.25) is 0 Å². The first-order valence-corrected chi connectivity index (χ1v) is 7.30. The number of hydrogen-bond donors (Lipinski definition) is 1. The summed E-state index contributed by atoms with van der Waals surface area (Å²) in [6.45, 7) is 3.12. The van der Waals surface area contributed by atoms with E-state index in [-0.39, 0.29) is 0 Å². The van der Waals surface area contributed by atoms with E-state index >= 15 is 0 Å². The van der Waals surface area contributed by atoms with Crippen molar-refractivity contribution >= 4 is 38.5 Å². The van der Waals surface area contributed by atoms with Gasteiger partial charge in [-0.15, -0.1) is 0 Å². The Labute approximate surface area is 109 Å². The molecule has 1 aromatic carbocycles. The molecule has 0 fully saturated rings. The zero-order valence-corrected chi connectivity index (χ0v) is 11.7. The van der Waals surface area contributed by atoms with Crippen LogP contribution in [0.3, 0.4) is 0 Å². The van der Waals surface area contributed by atoms with Crippen molar-refractivity contribution < 1.29 is 0 Å². The molecule has 0 saturated carbocycles. The lowest BCUT2D eigenvalue weighted by molar-refractivity contribution is 0.938. The van der Waals surface area contributed by atoms with Crippen molar-refractivity contribution in [3.63, 3.8) is 0 Å². The van der Waals surface area contributed by atoms with E-state index in [1.165, 1.54) is 23.4 Å². The molecule has 16 heavy (non-hydrogen) atoms. The van der Waals surface area contributed by atoms with Crippen molar-refractivity contribution in [2.75, 3.05) is 17.6 Å². The highest BCUT2D eigenvalue weighted by Crippen LogP contribution is 2.23. The molecule has 2 rings (SSSR count). The summed E-state index contributed by atoms with van der Waals surface area (Å²) in [5.41, 5.74) is 2.50. The minimum absolute atomic E-state index is 0.952. The van der Waals surface area contributed by atoms with Crippen LogP contribution in [0.1, 0.15) is 18.9 Å². The zero-order chi connectivity index (χ0) is 11.4. The Hall–Kier alpha value is -0.480. The predicted molar refractivity (Wildman–Crippen MR) is 76.5 cm³/mol. The number of amidine groups is 1. The molecule has 86 valence electrons. The Balaban J connectivity index is 2.17. The number of aryl methyl sites for hydroxylation is 1. The molecule has 0 unspecified atom stereocenters. The van der Waals surface area contributed by atoms with Crippen molar-refractivity contribution in [2.45, 2.75) is 19.8 Å². The van der Waals surface area contributed by atoms with Crippen molar-refractivity contribution in [2.24, 2.45) is 4.99 Å². The van der Waals surface area contributed by atoms with Gasteiger partial charge in [0.25, 0.3) is 0 Å². The van der Waals surface area contributed by atoms with Crippen LogP contribution < -0.4 is 5.32 Å². The maximum absolute atomic E-state index is 4.48.